The number of carbonyl (C=O) groups is 2. The number of benzene rings is 3. The van der Waals surface area contributed by atoms with Crippen LogP contribution >= 0.6 is 0 Å². The highest BCUT2D eigenvalue weighted by molar-refractivity contribution is 6.05. The average molecular weight is 595 g/mol. The van der Waals surface area contributed by atoms with Crippen molar-refractivity contribution < 1.29 is 19.1 Å². The molecule has 0 unspecified atom stereocenters. The molecule has 10 heteroatoms. The van der Waals surface area contributed by atoms with Crippen LogP contribution in [0.5, 0.6) is 0 Å². The van der Waals surface area contributed by atoms with Crippen LogP contribution in [-0.4, -0.2) is 43.3 Å². The minimum absolute atomic E-state index is 0.248. The molecule has 10 nitrogen and oxygen atoms in total. The van der Waals surface area contributed by atoms with Gasteiger partial charge in [0.2, 0.25) is 0 Å². The van der Waals surface area contributed by atoms with Gasteiger partial charge in [0, 0.05) is 16.6 Å². The van der Waals surface area contributed by atoms with Gasteiger partial charge in [-0.05, 0) is 88.6 Å². The lowest BCUT2D eigenvalue weighted by Gasteiger charge is -2.19. The summed E-state index contributed by atoms with van der Waals surface area (Å²) in [4.78, 5) is 40.4. The summed E-state index contributed by atoms with van der Waals surface area (Å²) in [6.07, 6.45) is 0.817. The first-order valence-corrected chi connectivity index (χ1v) is 14.9. The Kier molecular flexibility index (Phi) is 7.31. The van der Waals surface area contributed by atoms with Gasteiger partial charge < -0.3 is 30.1 Å². The first kappa shape index (κ1) is 29.2. The average Bonchev–Trinajstić information content (AvgIpc) is 3.57. The van der Waals surface area contributed by atoms with Crippen molar-refractivity contribution in [2.75, 3.05) is 0 Å². The molecule has 0 spiro atoms. The maximum atomic E-state index is 12.1. The molecule has 5 aromatic rings. The number of aromatic amines is 2. The van der Waals surface area contributed by atoms with Gasteiger partial charge in [-0.15, -0.1) is 0 Å². The third kappa shape index (κ3) is 6.39. The summed E-state index contributed by atoms with van der Waals surface area (Å²) in [5.41, 5.74) is 7.31. The number of fused-ring (bicyclic) bond motifs is 6. The molecule has 3 aromatic carbocycles. The minimum Gasteiger partial charge on any atom is -0.444 e. The molecule has 1 aliphatic rings. The molecular weight excluding hydrogens is 556 g/mol. The van der Waals surface area contributed by atoms with Gasteiger partial charge >= 0.3 is 12.2 Å². The fourth-order valence-corrected chi connectivity index (χ4v) is 5.48. The molecule has 0 atom stereocenters. The number of alkyl carbamates (subject to hydrolysis) is 2. The van der Waals surface area contributed by atoms with Crippen LogP contribution in [0.3, 0.4) is 0 Å². The summed E-state index contributed by atoms with van der Waals surface area (Å²) in [6, 6.07) is 17.1. The van der Waals surface area contributed by atoms with E-state index in [1.165, 1.54) is 5.56 Å². The second-order valence-electron chi connectivity index (χ2n) is 13.2. The summed E-state index contributed by atoms with van der Waals surface area (Å²) in [5, 5.41) is 7.67. The number of aromatic nitrogens is 4. The Morgan fingerprint density at radius 1 is 0.773 bits per heavy atom. The molecule has 0 fully saturated rings. The summed E-state index contributed by atoms with van der Waals surface area (Å²) >= 11 is 0. The van der Waals surface area contributed by atoms with Crippen LogP contribution in [0.15, 0.2) is 48.5 Å². The smallest absolute Gasteiger partial charge is 0.408 e. The fraction of sp³-hybridized carbons (Fsp3) is 0.353. The predicted molar refractivity (Wildman–Crippen MR) is 170 cm³/mol. The third-order valence-corrected chi connectivity index (χ3v) is 7.28. The lowest BCUT2D eigenvalue weighted by atomic mass is 9.89. The predicted octanol–water partition coefficient (Wildman–Crippen LogP) is 6.92. The number of imidazole rings is 2. The molecule has 2 amide bonds. The van der Waals surface area contributed by atoms with Crippen LogP contribution in [0.1, 0.15) is 64.4 Å². The Morgan fingerprint density at radius 3 is 2.09 bits per heavy atom. The van der Waals surface area contributed by atoms with Gasteiger partial charge in [0.15, 0.2) is 0 Å². The van der Waals surface area contributed by atoms with Crippen molar-refractivity contribution in [3.63, 3.8) is 0 Å². The molecule has 0 aliphatic heterocycles. The van der Waals surface area contributed by atoms with Crippen LogP contribution in [0.2, 0.25) is 0 Å². The topological polar surface area (TPSA) is 134 Å². The van der Waals surface area contributed by atoms with Gasteiger partial charge in [0.25, 0.3) is 0 Å². The van der Waals surface area contributed by atoms with Gasteiger partial charge in [-0.3, -0.25) is 0 Å². The molecular formula is C34H38N6O4. The highest BCUT2D eigenvalue weighted by Gasteiger charge is 2.22. The molecule has 0 radical (unpaired) electrons. The zero-order chi connectivity index (χ0) is 31.2. The summed E-state index contributed by atoms with van der Waals surface area (Å²) < 4.78 is 10.7. The number of ether oxygens (including phenoxy) is 2. The van der Waals surface area contributed by atoms with E-state index in [-0.39, 0.29) is 13.1 Å². The number of carbonyl (C=O) groups excluding carboxylic acids is 2. The number of aryl methyl sites for hydroxylation is 2. The molecule has 4 N–H and O–H groups in total. The molecule has 0 saturated carbocycles. The van der Waals surface area contributed by atoms with Crippen LogP contribution in [0.25, 0.3) is 44.2 Å². The summed E-state index contributed by atoms with van der Waals surface area (Å²) in [5.74, 6) is 1.37. The van der Waals surface area contributed by atoms with Crippen molar-refractivity contribution >= 4 is 34.0 Å². The lowest BCUT2D eigenvalue weighted by molar-refractivity contribution is 0.0511. The van der Waals surface area contributed by atoms with E-state index in [0.29, 0.717) is 11.6 Å². The van der Waals surface area contributed by atoms with Crippen LogP contribution in [-0.2, 0) is 35.4 Å². The van der Waals surface area contributed by atoms with Gasteiger partial charge in [0.05, 0.1) is 29.8 Å². The summed E-state index contributed by atoms with van der Waals surface area (Å²) in [6.45, 7) is 11.5. The standard InChI is InChI=1S/C34H38N6O4/c1-33(2,3)43-31(41)35-17-27-37-25-13-9-21-15-19(7-11-23(21)29(25)39-27)20-8-12-24-22(16-20)10-14-26-30(24)40-28(38-26)18-36-32(42)44-34(4,5)6/h7-9,11-13,15-16H,10,14,17-18H2,1-6H3,(H,35,41)(H,36,42)(H,37,39)(H,38,40). The lowest BCUT2D eigenvalue weighted by Crippen LogP contribution is -2.32. The Morgan fingerprint density at radius 2 is 1.41 bits per heavy atom. The highest BCUT2D eigenvalue weighted by Crippen LogP contribution is 2.36. The zero-order valence-electron chi connectivity index (χ0n) is 26.0. The van der Waals surface area contributed by atoms with Gasteiger partial charge in [-0.25, -0.2) is 19.6 Å². The SMILES string of the molecule is CC(C)(C)OC(=O)NCc1nc2c([nH]1)CCc1cc(-c3ccc4c(ccc5[nH]c(CNC(=O)OC(C)(C)C)nc54)c3)ccc1-2. The Labute approximate surface area is 256 Å². The zero-order valence-corrected chi connectivity index (χ0v) is 26.0. The monoisotopic (exact) mass is 594 g/mol. The van der Waals surface area contributed by atoms with E-state index in [0.717, 1.165) is 62.7 Å². The summed E-state index contributed by atoms with van der Waals surface area (Å²) in [7, 11) is 0. The van der Waals surface area contributed by atoms with E-state index < -0.39 is 23.4 Å². The van der Waals surface area contributed by atoms with Crippen molar-refractivity contribution in [1.29, 1.82) is 0 Å². The maximum Gasteiger partial charge on any atom is 0.408 e. The number of hydrogen-bond acceptors (Lipinski definition) is 6. The number of hydrogen-bond donors (Lipinski definition) is 4. The van der Waals surface area contributed by atoms with Crippen molar-refractivity contribution in [2.45, 2.75) is 78.7 Å². The minimum atomic E-state index is -0.558. The Bertz CT molecular complexity index is 1890. The molecule has 6 rings (SSSR count). The highest BCUT2D eigenvalue weighted by atomic mass is 16.6. The van der Waals surface area contributed by atoms with Crippen LogP contribution < -0.4 is 10.6 Å². The molecule has 228 valence electrons. The number of rotatable bonds is 5. The Hall–Kier alpha value is -4.86. The molecule has 0 bridgehead atoms. The number of nitrogens with zero attached hydrogens (tertiary/aromatic N) is 2. The number of amides is 2. The molecule has 0 saturated heterocycles. The molecule has 1 aliphatic carbocycles. The van der Waals surface area contributed by atoms with Gasteiger partial charge in [0.1, 0.15) is 22.9 Å². The van der Waals surface area contributed by atoms with Gasteiger partial charge in [-0.1, -0.05) is 36.4 Å². The van der Waals surface area contributed by atoms with E-state index in [1.54, 1.807) is 0 Å². The number of nitrogens with one attached hydrogen (secondary N) is 4. The maximum absolute atomic E-state index is 12.1. The second kappa shape index (κ2) is 11.0. The van der Waals surface area contributed by atoms with E-state index in [4.69, 9.17) is 19.4 Å². The normalized spacial score (nSPS) is 13.0. The van der Waals surface area contributed by atoms with Crippen LogP contribution in [0, 0.1) is 0 Å². The van der Waals surface area contributed by atoms with Crippen LogP contribution in [0.4, 0.5) is 9.59 Å². The van der Waals surface area contributed by atoms with E-state index in [1.807, 2.05) is 47.6 Å². The van der Waals surface area contributed by atoms with Crippen molar-refractivity contribution in [3.8, 4) is 22.4 Å². The van der Waals surface area contributed by atoms with Crippen molar-refractivity contribution in [3.05, 3.63) is 71.4 Å². The first-order chi connectivity index (χ1) is 20.8. The molecule has 2 aromatic heterocycles. The molecule has 44 heavy (non-hydrogen) atoms. The quantitative estimate of drug-likeness (QED) is 0.175. The largest absolute Gasteiger partial charge is 0.444 e. The van der Waals surface area contributed by atoms with Crippen molar-refractivity contribution in [2.24, 2.45) is 0 Å². The van der Waals surface area contributed by atoms with E-state index >= 15 is 0 Å². The Balaban J connectivity index is 1.19. The van der Waals surface area contributed by atoms with Crippen molar-refractivity contribution in [1.82, 2.24) is 30.6 Å². The van der Waals surface area contributed by atoms with E-state index in [9.17, 15) is 9.59 Å². The first-order valence-electron chi connectivity index (χ1n) is 14.9. The van der Waals surface area contributed by atoms with Gasteiger partial charge in [-0.2, -0.15) is 0 Å². The third-order valence-electron chi connectivity index (χ3n) is 7.28. The van der Waals surface area contributed by atoms with E-state index in [2.05, 4.69) is 63.1 Å². The number of H-pyrrole nitrogens is 2. The fourth-order valence-electron chi connectivity index (χ4n) is 5.48. The molecule has 2 heterocycles. The second-order valence-corrected chi connectivity index (χ2v) is 13.2.